The van der Waals surface area contributed by atoms with Crippen LogP contribution in [-0.4, -0.2) is 81.6 Å². The van der Waals surface area contributed by atoms with Gasteiger partial charge >= 0.3 is 12.1 Å². The number of halogens is 5. The number of likely N-dealkylation sites (tertiary alicyclic amines) is 1. The number of carboxylic acid groups (broad SMARTS) is 1. The zero-order valence-electron chi connectivity index (χ0n) is 22.8. The third-order valence-corrected chi connectivity index (χ3v) is 8.34. The first-order valence-corrected chi connectivity index (χ1v) is 14.3. The number of nitrogens with zero attached hydrogens (tertiary/aromatic N) is 6. The number of aliphatic carboxylic acids is 1. The number of carboxylic acids is 1. The number of aromatic nitrogens is 3. The normalized spacial score (nSPS) is 18.5. The Hall–Kier alpha value is -3.43. The van der Waals surface area contributed by atoms with Gasteiger partial charge in [-0.1, -0.05) is 18.3 Å². The number of carbonyl (C=O) groups is 1. The van der Waals surface area contributed by atoms with Gasteiger partial charge in [-0.2, -0.15) is 17.6 Å². The molecule has 42 heavy (non-hydrogen) atoms. The van der Waals surface area contributed by atoms with E-state index in [9.17, 15) is 22.4 Å². The van der Waals surface area contributed by atoms with Crippen LogP contribution in [0.4, 0.5) is 38.7 Å². The van der Waals surface area contributed by atoms with Crippen molar-refractivity contribution < 1.29 is 31.9 Å². The van der Waals surface area contributed by atoms with Gasteiger partial charge in [0.25, 0.3) is 0 Å². The fourth-order valence-corrected chi connectivity index (χ4v) is 6.23. The molecule has 9 nitrogen and oxygen atoms in total. The van der Waals surface area contributed by atoms with Gasteiger partial charge in [0, 0.05) is 56.3 Å². The molecule has 2 N–H and O–H groups in total. The van der Waals surface area contributed by atoms with E-state index in [1.807, 2.05) is 4.90 Å². The molecule has 2 aliphatic heterocycles. The molecule has 0 saturated carbocycles. The molecular formula is C27H30F5N7O2S. The molecule has 0 spiro atoms. The van der Waals surface area contributed by atoms with Crippen LogP contribution in [0.2, 0.25) is 0 Å². The van der Waals surface area contributed by atoms with Gasteiger partial charge in [-0.25, -0.2) is 19.3 Å². The first-order chi connectivity index (χ1) is 20.0. The number of nitrogens with one attached hydrogen (secondary N) is 1. The maximum Gasteiger partial charge on any atom is 0.416 e. The minimum absolute atomic E-state index is 0.0153. The molecule has 0 unspecified atom stereocenters. The summed E-state index contributed by atoms with van der Waals surface area (Å²) >= 11 is 1.15. The highest BCUT2D eigenvalue weighted by atomic mass is 32.1. The average Bonchev–Trinajstić information content (AvgIpc) is 3.53. The lowest BCUT2D eigenvalue weighted by molar-refractivity contribution is -0.138. The van der Waals surface area contributed by atoms with Gasteiger partial charge in [-0.3, -0.25) is 14.6 Å². The van der Waals surface area contributed by atoms with Crippen molar-refractivity contribution in [2.45, 2.75) is 32.5 Å². The zero-order chi connectivity index (χ0) is 30.0. The van der Waals surface area contributed by atoms with Gasteiger partial charge < -0.3 is 15.3 Å². The SMILES string of the molecule is C[C@H]1CCN(Cc2sc(Nc3ncnc(N4CCN(CCC(=O)O)CC4)c3F)nc2-c2cc(F)cc(C(F)(F)F)c2)C1. The van der Waals surface area contributed by atoms with Crippen LogP contribution in [0.1, 0.15) is 30.2 Å². The summed E-state index contributed by atoms with van der Waals surface area (Å²) in [5.41, 5.74) is -0.937. The number of anilines is 3. The zero-order valence-corrected chi connectivity index (χ0v) is 23.6. The Labute approximate surface area is 243 Å². The second kappa shape index (κ2) is 12.4. The van der Waals surface area contributed by atoms with E-state index < -0.39 is 29.3 Å². The monoisotopic (exact) mass is 611 g/mol. The van der Waals surface area contributed by atoms with Crippen molar-refractivity contribution in [3.63, 3.8) is 0 Å². The molecule has 2 fully saturated rings. The smallest absolute Gasteiger partial charge is 0.416 e. The molecule has 0 bridgehead atoms. The number of hydrogen-bond acceptors (Lipinski definition) is 9. The topological polar surface area (TPSA) is 97.7 Å². The molecule has 2 saturated heterocycles. The molecule has 0 amide bonds. The number of rotatable bonds is 9. The van der Waals surface area contributed by atoms with Gasteiger partial charge in [0.15, 0.2) is 16.8 Å². The summed E-state index contributed by atoms with van der Waals surface area (Å²) in [6, 6.07) is 2.34. The van der Waals surface area contributed by atoms with E-state index in [4.69, 9.17) is 5.11 Å². The Morgan fingerprint density at radius 2 is 1.86 bits per heavy atom. The fraction of sp³-hybridized carbons (Fsp3) is 0.481. The molecule has 2 aromatic heterocycles. The summed E-state index contributed by atoms with van der Waals surface area (Å²) in [6.45, 7) is 6.51. The highest BCUT2D eigenvalue weighted by molar-refractivity contribution is 7.16. The van der Waals surface area contributed by atoms with Crippen molar-refractivity contribution in [3.05, 3.63) is 46.6 Å². The molecule has 3 aromatic rings. The van der Waals surface area contributed by atoms with E-state index in [2.05, 4.69) is 32.1 Å². The van der Waals surface area contributed by atoms with E-state index in [0.29, 0.717) is 56.1 Å². The van der Waals surface area contributed by atoms with Gasteiger partial charge in [0.2, 0.25) is 5.82 Å². The summed E-state index contributed by atoms with van der Waals surface area (Å²) in [7, 11) is 0. The second-order valence-corrected chi connectivity index (χ2v) is 11.7. The molecule has 0 radical (unpaired) electrons. The Morgan fingerprint density at radius 1 is 1.10 bits per heavy atom. The fourth-order valence-electron chi connectivity index (χ4n) is 5.21. The van der Waals surface area contributed by atoms with E-state index in [-0.39, 0.29) is 34.4 Å². The summed E-state index contributed by atoms with van der Waals surface area (Å²) in [5, 5.41) is 12.0. The van der Waals surface area contributed by atoms with Gasteiger partial charge in [-0.05, 0) is 37.1 Å². The summed E-state index contributed by atoms with van der Waals surface area (Å²) in [5.74, 6) is -2.22. The molecule has 2 aliphatic rings. The van der Waals surface area contributed by atoms with Crippen LogP contribution >= 0.6 is 11.3 Å². The van der Waals surface area contributed by atoms with Crippen molar-refractivity contribution in [2.75, 3.05) is 56.0 Å². The lowest BCUT2D eigenvalue weighted by atomic mass is 10.1. The number of alkyl halides is 3. The van der Waals surface area contributed by atoms with Gasteiger partial charge in [-0.15, -0.1) is 0 Å². The van der Waals surface area contributed by atoms with Crippen LogP contribution < -0.4 is 10.2 Å². The van der Waals surface area contributed by atoms with Crippen LogP contribution in [-0.2, 0) is 17.5 Å². The second-order valence-electron chi connectivity index (χ2n) is 10.6. The Bertz CT molecular complexity index is 1430. The summed E-state index contributed by atoms with van der Waals surface area (Å²) in [6.07, 6.45) is -2.51. The van der Waals surface area contributed by atoms with E-state index in [0.717, 1.165) is 43.0 Å². The molecule has 4 heterocycles. The van der Waals surface area contributed by atoms with Crippen LogP contribution in [0.15, 0.2) is 24.5 Å². The summed E-state index contributed by atoms with van der Waals surface area (Å²) in [4.78, 5) is 30.0. The third-order valence-electron chi connectivity index (χ3n) is 7.38. The molecule has 0 aliphatic carbocycles. The lowest BCUT2D eigenvalue weighted by Gasteiger charge is -2.35. The molecule has 226 valence electrons. The van der Waals surface area contributed by atoms with Gasteiger partial charge in [0.05, 0.1) is 17.7 Å². The van der Waals surface area contributed by atoms with E-state index in [1.165, 1.54) is 6.33 Å². The predicted octanol–water partition coefficient (Wildman–Crippen LogP) is 5.08. The highest BCUT2D eigenvalue weighted by Gasteiger charge is 2.32. The predicted molar refractivity (Wildman–Crippen MR) is 148 cm³/mol. The summed E-state index contributed by atoms with van der Waals surface area (Å²) < 4.78 is 70.3. The first-order valence-electron chi connectivity index (χ1n) is 13.5. The molecule has 1 aromatic carbocycles. The number of thiazole rings is 1. The number of piperazine rings is 1. The van der Waals surface area contributed by atoms with Gasteiger partial charge in [0.1, 0.15) is 12.1 Å². The van der Waals surface area contributed by atoms with Crippen molar-refractivity contribution in [2.24, 2.45) is 5.92 Å². The lowest BCUT2D eigenvalue weighted by Crippen LogP contribution is -2.47. The Kier molecular flexibility index (Phi) is 8.89. The first kappa shape index (κ1) is 30.0. The van der Waals surface area contributed by atoms with Crippen molar-refractivity contribution in [1.82, 2.24) is 24.8 Å². The molecule has 1 atom stereocenters. The van der Waals surface area contributed by atoms with Crippen molar-refractivity contribution in [1.29, 1.82) is 0 Å². The van der Waals surface area contributed by atoms with Crippen LogP contribution in [0, 0.1) is 17.6 Å². The quantitative estimate of drug-likeness (QED) is 0.321. The standard InChI is InChI=1S/C27H30F5N7O2S/c1-16-2-4-38(13-16)14-20-23(17-10-18(27(30,31)32)12-19(28)11-17)35-26(42-20)36-24-22(29)25(34-15-33-24)39-8-6-37(7-9-39)5-3-21(40)41/h10-12,15-16H,2-9,13-14H2,1H3,(H,40,41)(H,33,34,35,36)/t16-/m0/s1. The Balaban J connectivity index is 1.40. The van der Waals surface area contributed by atoms with Crippen LogP contribution in [0.25, 0.3) is 11.3 Å². The molecule has 5 rings (SSSR count). The number of benzene rings is 1. The molecule has 15 heteroatoms. The van der Waals surface area contributed by atoms with Crippen molar-refractivity contribution >= 4 is 34.1 Å². The average molecular weight is 612 g/mol. The maximum atomic E-state index is 15.6. The van der Waals surface area contributed by atoms with Crippen LogP contribution in [0.3, 0.4) is 0 Å². The van der Waals surface area contributed by atoms with Crippen LogP contribution in [0.5, 0.6) is 0 Å². The van der Waals surface area contributed by atoms with E-state index >= 15 is 4.39 Å². The molecular weight excluding hydrogens is 581 g/mol. The van der Waals surface area contributed by atoms with Crippen molar-refractivity contribution in [3.8, 4) is 11.3 Å². The maximum absolute atomic E-state index is 15.6. The Morgan fingerprint density at radius 3 is 2.52 bits per heavy atom. The minimum atomic E-state index is -4.74. The minimum Gasteiger partial charge on any atom is -0.481 e. The number of hydrogen-bond donors (Lipinski definition) is 2. The van der Waals surface area contributed by atoms with E-state index in [1.54, 1.807) is 4.90 Å². The third kappa shape index (κ3) is 7.13. The highest BCUT2D eigenvalue weighted by Crippen LogP contribution is 2.38. The largest absolute Gasteiger partial charge is 0.481 e.